The summed E-state index contributed by atoms with van der Waals surface area (Å²) < 4.78 is 71.8. The molecule has 0 saturated carbocycles. The summed E-state index contributed by atoms with van der Waals surface area (Å²) in [6, 6.07) is 10.5. The van der Waals surface area contributed by atoms with Crippen molar-refractivity contribution in [2.75, 3.05) is 5.32 Å². The van der Waals surface area contributed by atoms with E-state index in [1.807, 2.05) is 0 Å². The maximum atomic E-state index is 12.7. The number of carbonyl (C=O) groups excluding carboxylic acids is 1. The standard InChI is InChI=1S/C19H15F5N4O3/c1-2-14-16(17(29)25-13-5-3-4-6-15(13)31-19(22,23)24)26-27-28(14)11-7-9-12(10-8-11)30-18(20)21/h3-10,18H,2H2,1H3,(H,25,29). The number of rotatable bonds is 7. The number of hydrogen-bond acceptors (Lipinski definition) is 5. The number of para-hydroxylation sites is 2. The third kappa shape index (κ3) is 5.47. The number of carbonyl (C=O) groups is 1. The molecule has 0 fully saturated rings. The molecule has 0 bridgehead atoms. The van der Waals surface area contributed by atoms with Gasteiger partial charge >= 0.3 is 13.0 Å². The molecule has 12 heteroatoms. The van der Waals surface area contributed by atoms with E-state index in [4.69, 9.17) is 0 Å². The maximum Gasteiger partial charge on any atom is 0.573 e. The second-order valence-corrected chi connectivity index (χ2v) is 6.02. The van der Waals surface area contributed by atoms with Gasteiger partial charge in [0, 0.05) is 0 Å². The lowest BCUT2D eigenvalue weighted by molar-refractivity contribution is -0.274. The summed E-state index contributed by atoms with van der Waals surface area (Å²) in [4.78, 5) is 12.7. The fourth-order valence-electron chi connectivity index (χ4n) is 2.74. The molecule has 164 valence electrons. The van der Waals surface area contributed by atoms with Crippen LogP contribution < -0.4 is 14.8 Å². The van der Waals surface area contributed by atoms with Crippen LogP contribution in [0.25, 0.3) is 5.69 Å². The number of aromatic nitrogens is 3. The van der Waals surface area contributed by atoms with Crippen LogP contribution in [-0.2, 0) is 6.42 Å². The van der Waals surface area contributed by atoms with Crippen molar-refractivity contribution in [1.29, 1.82) is 0 Å². The van der Waals surface area contributed by atoms with Crippen LogP contribution in [0.15, 0.2) is 48.5 Å². The summed E-state index contributed by atoms with van der Waals surface area (Å²) >= 11 is 0. The van der Waals surface area contributed by atoms with Crippen molar-refractivity contribution >= 4 is 11.6 Å². The molecule has 1 heterocycles. The lowest BCUT2D eigenvalue weighted by Gasteiger charge is -2.13. The van der Waals surface area contributed by atoms with E-state index < -0.39 is 24.6 Å². The Morgan fingerprint density at radius 2 is 1.81 bits per heavy atom. The molecule has 0 aliphatic rings. The van der Waals surface area contributed by atoms with Crippen molar-refractivity contribution in [3.8, 4) is 17.2 Å². The first-order valence-corrected chi connectivity index (χ1v) is 8.84. The lowest BCUT2D eigenvalue weighted by Crippen LogP contribution is -2.20. The van der Waals surface area contributed by atoms with Gasteiger partial charge in [0.25, 0.3) is 5.91 Å². The van der Waals surface area contributed by atoms with Crippen LogP contribution in [0.3, 0.4) is 0 Å². The lowest BCUT2D eigenvalue weighted by atomic mass is 10.2. The second kappa shape index (κ2) is 8.98. The van der Waals surface area contributed by atoms with Gasteiger partial charge in [0.15, 0.2) is 11.4 Å². The average Bonchev–Trinajstić information content (AvgIpc) is 3.12. The van der Waals surface area contributed by atoms with Gasteiger partial charge < -0.3 is 14.8 Å². The highest BCUT2D eigenvalue weighted by molar-refractivity contribution is 6.04. The van der Waals surface area contributed by atoms with Crippen molar-refractivity contribution < 1.29 is 36.2 Å². The van der Waals surface area contributed by atoms with Crippen molar-refractivity contribution in [3.05, 3.63) is 59.9 Å². The van der Waals surface area contributed by atoms with Gasteiger partial charge in [-0.3, -0.25) is 4.79 Å². The Kier molecular flexibility index (Phi) is 6.37. The molecular weight excluding hydrogens is 427 g/mol. The highest BCUT2D eigenvalue weighted by atomic mass is 19.4. The van der Waals surface area contributed by atoms with Crippen molar-refractivity contribution in [1.82, 2.24) is 15.0 Å². The van der Waals surface area contributed by atoms with Gasteiger partial charge in [0.05, 0.1) is 17.1 Å². The third-order valence-electron chi connectivity index (χ3n) is 3.98. The Morgan fingerprint density at radius 3 is 2.42 bits per heavy atom. The summed E-state index contributed by atoms with van der Waals surface area (Å²) in [7, 11) is 0. The molecule has 1 N–H and O–H groups in total. The molecule has 2 aromatic carbocycles. The fraction of sp³-hybridized carbons (Fsp3) is 0.211. The molecule has 0 atom stereocenters. The summed E-state index contributed by atoms with van der Waals surface area (Å²) in [5.41, 5.74) is 0.465. The number of halogens is 5. The zero-order valence-corrected chi connectivity index (χ0v) is 15.9. The molecule has 1 aromatic heterocycles. The van der Waals surface area contributed by atoms with E-state index in [2.05, 4.69) is 25.1 Å². The molecule has 1 amide bonds. The Balaban J connectivity index is 1.85. The Bertz CT molecular complexity index is 1050. The van der Waals surface area contributed by atoms with E-state index in [9.17, 15) is 26.7 Å². The van der Waals surface area contributed by atoms with E-state index in [0.29, 0.717) is 17.8 Å². The number of benzene rings is 2. The predicted octanol–water partition coefficient (Wildman–Crippen LogP) is 4.58. The summed E-state index contributed by atoms with van der Waals surface area (Å²) in [6.45, 7) is -1.25. The number of anilines is 1. The zero-order chi connectivity index (χ0) is 22.6. The van der Waals surface area contributed by atoms with Gasteiger partial charge in [0.2, 0.25) is 0 Å². The Hall–Kier alpha value is -3.70. The Labute approximate surface area is 172 Å². The molecule has 0 unspecified atom stereocenters. The van der Waals surface area contributed by atoms with Crippen molar-refractivity contribution in [2.24, 2.45) is 0 Å². The first kappa shape index (κ1) is 22.0. The van der Waals surface area contributed by atoms with Crippen molar-refractivity contribution in [3.63, 3.8) is 0 Å². The van der Waals surface area contributed by atoms with E-state index in [-0.39, 0.29) is 17.1 Å². The molecule has 0 aliphatic heterocycles. The first-order chi connectivity index (χ1) is 14.7. The van der Waals surface area contributed by atoms with Crippen LogP contribution in [0.2, 0.25) is 0 Å². The molecule has 7 nitrogen and oxygen atoms in total. The van der Waals surface area contributed by atoms with Crippen molar-refractivity contribution in [2.45, 2.75) is 26.3 Å². The fourth-order valence-corrected chi connectivity index (χ4v) is 2.74. The number of nitrogens with zero attached hydrogens (tertiary/aromatic N) is 3. The summed E-state index contributed by atoms with van der Waals surface area (Å²) in [6.07, 6.45) is -4.63. The van der Waals surface area contributed by atoms with Gasteiger partial charge in [-0.1, -0.05) is 24.3 Å². The molecule has 0 radical (unpaired) electrons. The minimum atomic E-state index is -4.93. The Morgan fingerprint density at radius 1 is 1.13 bits per heavy atom. The minimum absolute atomic E-state index is 0.0591. The van der Waals surface area contributed by atoms with Gasteiger partial charge in [0.1, 0.15) is 5.75 Å². The number of amides is 1. The van der Waals surface area contributed by atoms with E-state index in [0.717, 1.165) is 6.07 Å². The SMILES string of the molecule is CCc1c(C(=O)Nc2ccccc2OC(F)(F)F)nnn1-c1ccc(OC(F)F)cc1. The number of alkyl halides is 5. The van der Waals surface area contributed by atoms with E-state index in [1.165, 1.54) is 47.1 Å². The van der Waals surface area contributed by atoms with Gasteiger partial charge in [-0.05, 0) is 42.8 Å². The quantitative estimate of drug-likeness (QED) is 0.542. The second-order valence-electron chi connectivity index (χ2n) is 6.02. The van der Waals surface area contributed by atoms with E-state index in [1.54, 1.807) is 6.92 Å². The molecule has 3 aromatic rings. The topological polar surface area (TPSA) is 78.3 Å². The largest absolute Gasteiger partial charge is 0.573 e. The molecule has 31 heavy (non-hydrogen) atoms. The van der Waals surface area contributed by atoms with Crippen LogP contribution in [0.5, 0.6) is 11.5 Å². The monoisotopic (exact) mass is 442 g/mol. The van der Waals surface area contributed by atoms with Gasteiger partial charge in [-0.15, -0.1) is 18.3 Å². The molecule has 0 spiro atoms. The number of hydrogen-bond donors (Lipinski definition) is 1. The summed E-state index contributed by atoms with van der Waals surface area (Å²) in [5, 5.41) is 10.1. The number of nitrogens with one attached hydrogen (secondary N) is 1. The highest BCUT2D eigenvalue weighted by Gasteiger charge is 2.32. The smallest absolute Gasteiger partial charge is 0.435 e. The van der Waals surface area contributed by atoms with Crippen LogP contribution in [0.1, 0.15) is 23.1 Å². The van der Waals surface area contributed by atoms with Crippen LogP contribution >= 0.6 is 0 Å². The first-order valence-electron chi connectivity index (χ1n) is 8.84. The third-order valence-corrected chi connectivity index (χ3v) is 3.98. The molecule has 3 rings (SSSR count). The zero-order valence-electron chi connectivity index (χ0n) is 15.9. The van der Waals surface area contributed by atoms with Gasteiger partial charge in [-0.2, -0.15) is 8.78 Å². The van der Waals surface area contributed by atoms with E-state index >= 15 is 0 Å². The van der Waals surface area contributed by atoms with Crippen LogP contribution in [0, 0.1) is 0 Å². The van der Waals surface area contributed by atoms with Gasteiger partial charge in [-0.25, -0.2) is 4.68 Å². The van der Waals surface area contributed by atoms with Crippen LogP contribution in [-0.4, -0.2) is 33.9 Å². The molecule has 0 saturated heterocycles. The average molecular weight is 442 g/mol. The summed E-state index contributed by atoms with van der Waals surface area (Å²) in [5.74, 6) is -1.43. The number of ether oxygens (including phenoxy) is 2. The highest BCUT2D eigenvalue weighted by Crippen LogP contribution is 2.30. The maximum absolute atomic E-state index is 12.7. The minimum Gasteiger partial charge on any atom is -0.435 e. The molecular formula is C19H15F5N4O3. The molecule has 0 aliphatic carbocycles. The van der Waals surface area contributed by atoms with Crippen LogP contribution in [0.4, 0.5) is 27.6 Å². The normalized spacial score (nSPS) is 11.5. The predicted molar refractivity (Wildman–Crippen MR) is 98.4 cm³/mol.